The van der Waals surface area contributed by atoms with Gasteiger partial charge in [0.15, 0.2) is 0 Å². The molecule has 1 rings (SSSR count). The molecule has 0 saturated carbocycles. The number of hydrogen-bond donors (Lipinski definition) is 2. The molecule has 0 aromatic carbocycles. The molecule has 16 heavy (non-hydrogen) atoms. The van der Waals surface area contributed by atoms with Crippen LogP contribution in [0.2, 0.25) is 0 Å². The van der Waals surface area contributed by atoms with E-state index in [1.54, 1.807) is 0 Å². The Bertz CT molecular complexity index is 173. The van der Waals surface area contributed by atoms with Crippen LogP contribution in [-0.4, -0.2) is 36.5 Å². The van der Waals surface area contributed by atoms with E-state index in [1.165, 1.54) is 19.3 Å². The highest BCUT2D eigenvalue weighted by Crippen LogP contribution is 2.25. The smallest absolute Gasteiger partial charge is 0.0483 e. The summed E-state index contributed by atoms with van der Waals surface area (Å²) in [5.41, 5.74) is 0.125. The fraction of sp³-hybridized carbons (Fsp3) is 1.00. The maximum atomic E-state index is 9.19. The third-order valence-electron chi connectivity index (χ3n) is 3.58. The van der Waals surface area contributed by atoms with Crippen molar-refractivity contribution < 1.29 is 9.84 Å². The molecule has 3 nitrogen and oxygen atoms in total. The number of aliphatic hydroxyl groups is 1. The summed E-state index contributed by atoms with van der Waals surface area (Å²) in [6, 6.07) is 0.546. The Kier molecular flexibility index (Phi) is 6.32. The van der Waals surface area contributed by atoms with E-state index < -0.39 is 0 Å². The number of aliphatic hydroxyl groups excluding tert-OH is 1. The minimum Gasteiger partial charge on any atom is -0.396 e. The van der Waals surface area contributed by atoms with E-state index in [9.17, 15) is 5.11 Å². The van der Waals surface area contributed by atoms with Crippen molar-refractivity contribution in [2.75, 3.05) is 19.8 Å². The molecule has 1 unspecified atom stereocenters. The first-order valence-electron chi connectivity index (χ1n) is 6.69. The molecular weight excluding hydrogens is 202 g/mol. The molecule has 3 heteroatoms. The zero-order valence-corrected chi connectivity index (χ0v) is 10.8. The Balaban J connectivity index is 2.42. The van der Waals surface area contributed by atoms with Crippen LogP contribution >= 0.6 is 0 Å². The third-order valence-corrected chi connectivity index (χ3v) is 3.58. The third kappa shape index (κ3) is 4.40. The van der Waals surface area contributed by atoms with Crippen molar-refractivity contribution in [3.63, 3.8) is 0 Å². The maximum absolute atomic E-state index is 9.19. The summed E-state index contributed by atoms with van der Waals surface area (Å²) in [5.74, 6) is 0. The first-order valence-corrected chi connectivity index (χ1v) is 6.69. The molecule has 2 N–H and O–H groups in total. The Morgan fingerprint density at radius 3 is 2.62 bits per heavy atom. The lowest BCUT2D eigenvalue weighted by Gasteiger charge is -2.40. The molecule has 1 aliphatic heterocycles. The summed E-state index contributed by atoms with van der Waals surface area (Å²) in [6.45, 7) is 6.41. The monoisotopic (exact) mass is 229 g/mol. The van der Waals surface area contributed by atoms with Gasteiger partial charge in [-0.15, -0.1) is 0 Å². The number of ether oxygens (including phenoxy) is 1. The average Bonchev–Trinajstić information content (AvgIpc) is 2.28. The van der Waals surface area contributed by atoms with Crippen LogP contribution in [0.3, 0.4) is 0 Å². The Labute approximate surface area is 99.6 Å². The summed E-state index contributed by atoms with van der Waals surface area (Å²) in [5, 5.41) is 12.9. The zero-order valence-electron chi connectivity index (χ0n) is 10.8. The largest absolute Gasteiger partial charge is 0.396 e. The SMILES string of the molecule is CCCCC(C)NC1(CCO)CCOCC1. The fourth-order valence-electron chi connectivity index (χ4n) is 2.55. The Morgan fingerprint density at radius 1 is 1.38 bits per heavy atom. The molecule has 96 valence electrons. The Hall–Kier alpha value is -0.120. The molecule has 1 aliphatic rings. The van der Waals surface area contributed by atoms with Crippen molar-refractivity contribution in [3.05, 3.63) is 0 Å². The Morgan fingerprint density at radius 2 is 2.06 bits per heavy atom. The number of nitrogens with one attached hydrogen (secondary N) is 1. The van der Waals surface area contributed by atoms with Gasteiger partial charge in [0, 0.05) is 31.4 Å². The summed E-state index contributed by atoms with van der Waals surface area (Å²) in [4.78, 5) is 0. The van der Waals surface area contributed by atoms with E-state index in [4.69, 9.17) is 4.74 Å². The molecule has 0 amide bonds. The van der Waals surface area contributed by atoms with E-state index in [1.807, 2.05) is 0 Å². The van der Waals surface area contributed by atoms with Gasteiger partial charge in [-0.1, -0.05) is 19.8 Å². The topological polar surface area (TPSA) is 41.5 Å². The lowest BCUT2D eigenvalue weighted by molar-refractivity contribution is 0.0227. The van der Waals surface area contributed by atoms with Crippen molar-refractivity contribution in [2.45, 2.75) is 64.0 Å². The molecule has 0 radical (unpaired) electrons. The fourth-order valence-corrected chi connectivity index (χ4v) is 2.55. The van der Waals surface area contributed by atoms with Gasteiger partial charge in [0.25, 0.3) is 0 Å². The maximum Gasteiger partial charge on any atom is 0.0483 e. The van der Waals surface area contributed by atoms with Gasteiger partial charge in [0.2, 0.25) is 0 Å². The second kappa shape index (κ2) is 7.25. The summed E-state index contributed by atoms with van der Waals surface area (Å²) in [6.07, 6.45) is 6.67. The molecule has 0 aromatic rings. The summed E-state index contributed by atoms with van der Waals surface area (Å²) < 4.78 is 5.41. The molecule has 0 aromatic heterocycles. The second-order valence-corrected chi connectivity index (χ2v) is 5.05. The van der Waals surface area contributed by atoms with E-state index in [0.717, 1.165) is 32.5 Å². The van der Waals surface area contributed by atoms with Crippen LogP contribution in [0.25, 0.3) is 0 Å². The van der Waals surface area contributed by atoms with Crippen molar-refractivity contribution in [3.8, 4) is 0 Å². The van der Waals surface area contributed by atoms with Crippen LogP contribution in [-0.2, 0) is 4.74 Å². The van der Waals surface area contributed by atoms with Gasteiger partial charge in [0.05, 0.1) is 0 Å². The predicted molar refractivity (Wildman–Crippen MR) is 66.6 cm³/mol. The number of unbranched alkanes of at least 4 members (excludes halogenated alkanes) is 1. The van der Waals surface area contributed by atoms with Gasteiger partial charge >= 0.3 is 0 Å². The van der Waals surface area contributed by atoms with Crippen molar-refractivity contribution in [1.82, 2.24) is 5.32 Å². The van der Waals surface area contributed by atoms with Crippen molar-refractivity contribution in [1.29, 1.82) is 0 Å². The van der Waals surface area contributed by atoms with E-state index in [-0.39, 0.29) is 12.1 Å². The molecule has 1 atom stereocenters. The normalized spacial score (nSPS) is 21.9. The van der Waals surface area contributed by atoms with Gasteiger partial charge in [0.1, 0.15) is 0 Å². The zero-order chi connectivity index (χ0) is 11.9. The van der Waals surface area contributed by atoms with Crippen molar-refractivity contribution >= 4 is 0 Å². The molecular formula is C13H27NO2. The van der Waals surface area contributed by atoms with Gasteiger partial charge < -0.3 is 15.2 Å². The molecule has 1 saturated heterocycles. The number of hydrogen-bond acceptors (Lipinski definition) is 3. The number of rotatable bonds is 7. The van der Waals surface area contributed by atoms with Crippen LogP contribution in [0.4, 0.5) is 0 Å². The van der Waals surface area contributed by atoms with E-state index in [0.29, 0.717) is 6.04 Å². The molecule has 0 spiro atoms. The lowest BCUT2D eigenvalue weighted by atomic mass is 9.85. The minimum atomic E-state index is 0.125. The van der Waals surface area contributed by atoms with Crippen LogP contribution < -0.4 is 5.32 Å². The van der Waals surface area contributed by atoms with E-state index in [2.05, 4.69) is 19.2 Å². The van der Waals surface area contributed by atoms with Gasteiger partial charge in [-0.05, 0) is 32.6 Å². The minimum absolute atomic E-state index is 0.125. The van der Waals surface area contributed by atoms with Crippen LogP contribution in [0.15, 0.2) is 0 Å². The van der Waals surface area contributed by atoms with E-state index >= 15 is 0 Å². The summed E-state index contributed by atoms with van der Waals surface area (Å²) in [7, 11) is 0. The highest BCUT2D eigenvalue weighted by atomic mass is 16.5. The molecule has 1 fully saturated rings. The first-order chi connectivity index (χ1) is 7.72. The standard InChI is InChI=1S/C13H27NO2/c1-3-4-5-12(2)14-13(6-9-15)7-10-16-11-8-13/h12,14-15H,3-11H2,1-2H3. The highest BCUT2D eigenvalue weighted by Gasteiger charge is 2.32. The quantitative estimate of drug-likeness (QED) is 0.702. The molecule has 0 aliphatic carbocycles. The van der Waals surface area contributed by atoms with Gasteiger partial charge in [-0.2, -0.15) is 0 Å². The second-order valence-electron chi connectivity index (χ2n) is 5.05. The predicted octanol–water partition coefficient (Wildman–Crippen LogP) is 2.09. The van der Waals surface area contributed by atoms with Gasteiger partial charge in [-0.3, -0.25) is 0 Å². The van der Waals surface area contributed by atoms with Gasteiger partial charge in [-0.25, -0.2) is 0 Å². The lowest BCUT2D eigenvalue weighted by Crippen LogP contribution is -2.53. The first kappa shape index (κ1) is 13.9. The molecule has 1 heterocycles. The van der Waals surface area contributed by atoms with Crippen LogP contribution in [0.1, 0.15) is 52.4 Å². The van der Waals surface area contributed by atoms with Crippen LogP contribution in [0.5, 0.6) is 0 Å². The van der Waals surface area contributed by atoms with Crippen LogP contribution in [0, 0.1) is 0 Å². The highest BCUT2D eigenvalue weighted by molar-refractivity contribution is 4.91. The average molecular weight is 229 g/mol. The van der Waals surface area contributed by atoms with Crippen molar-refractivity contribution in [2.24, 2.45) is 0 Å². The molecule has 0 bridgehead atoms. The summed E-state index contributed by atoms with van der Waals surface area (Å²) >= 11 is 0.